The fourth-order valence-corrected chi connectivity index (χ4v) is 4.49. The number of nitro groups is 1. The van der Waals surface area contributed by atoms with Crippen LogP contribution < -0.4 is 9.64 Å². The van der Waals surface area contributed by atoms with Gasteiger partial charge in [0, 0.05) is 22.9 Å². The topological polar surface area (TPSA) is 130 Å². The second kappa shape index (κ2) is 9.62. The molecule has 0 radical (unpaired) electrons. The number of benzene rings is 3. The third-order valence-corrected chi connectivity index (χ3v) is 6.32. The van der Waals surface area contributed by atoms with Gasteiger partial charge in [-0.15, -0.1) is 0 Å². The first-order valence-corrected chi connectivity index (χ1v) is 11.6. The molecule has 1 heterocycles. The molecule has 1 aliphatic heterocycles. The van der Waals surface area contributed by atoms with Gasteiger partial charge in [0.2, 0.25) is 0 Å². The van der Waals surface area contributed by atoms with Gasteiger partial charge in [-0.05, 0) is 53.4 Å². The Morgan fingerprint density at radius 1 is 1.08 bits per heavy atom. The van der Waals surface area contributed by atoms with E-state index in [-0.39, 0.29) is 22.4 Å². The predicted octanol–water partition coefficient (Wildman–Crippen LogP) is 5.37. The van der Waals surface area contributed by atoms with Crippen LogP contribution in [0.5, 0.6) is 11.5 Å². The van der Waals surface area contributed by atoms with E-state index in [1.165, 1.54) is 31.4 Å². The maximum atomic E-state index is 14.1. The molecule has 2 N–H and O–H groups in total. The summed E-state index contributed by atoms with van der Waals surface area (Å²) in [5.41, 5.74) is -0.407. The molecule has 0 aromatic heterocycles. The molecular weight excluding hydrogens is 495 g/mol. The zero-order chi connectivity index (χ0) is 27.9. The number of phenolic OH excluding ortho intramolecular Hbond substituents is 1. The Bertz CT molecular complexity index is 1510. The van der Waals surface area contributed by atoms with Crippen molar-refractivity contribution in [3.05, 3.63) is 98.9 Å². The minimum atomic E-state index is -1.35. The number of methoxy groups -OCH3 is 1. The lowest BCUT2D eigenvalue weighted by atomic mass is 9.84. The van der Waals surface area contributed by atoms with Gasteiger partial charge in [-0.2, -0.15) is 0 Å². The Morgan fingerprint density at radius 2 is 1.79 bits per heavy atom. The molecule has 0 aliphatic carbocycles. The highest BCUT2D eigenvalue weighted by Gasteiger charge is 2.47. The van der Waals surface area contributed by atoms with Crippen LogP contribution in [0.1, 0.15) is 43.5 Å². The highest BCUT2D eigenvalue weighted by atomic mass is 19.1. The van der Waals surface area contributed by atoms with Gasteiger partial charge in [-0.25, -0.2) is 4.39 Å². The zero-order valence-electron chi connectivity index (χ0n) is 21.1. The van der Waals surface area contributed by atoms with Crippen molar-refractivity contribution >= 4 is 28.8 Å². The highest BCUT2D eigenvalue weighted by Crippen LogP contribution is 2.44. The third-order valence-electron chi connectivity index (χ3n) is 6.32. The largest absolute Gasteiger partial charge is 0.507 e. The monoisotopic (exact) mass is 520 g/mol. The molecule has 1 aliphatic rings. The summed E-state index contributed by atoms with van der Waals surface area (Å²) in [4.78, 5) is 38.3. The molecule has 9 nitrogen and oxygen atoms in total. The Hall–Kier alpha value is -4.73. The van der Waals surface area contributed by atoms with Crippen LogP contribution in [0.2, 0.25) is 0 Å². The van der Waals surface area contributed by atoms with E-state index >= 15 is 0 Å². The summed E-state index contributed by atoms with van der Waals surface area (Å²) in [5.74, 6) is -3.37. The average molecular weight is 521 g/mol. The first-order valence-electron chi connectivity index (χ1n) is 11.6. The molecule has 196 valence electrons. The van der Waals surface area contributed by atoms with Crippen LogP contribution >= 0.6 is 0 Å². The number of nitro benzene ring substituents is 1. The van der Waals surface area contributed by atoms with Crippen LogP contribution in [0.25, 0.3) is 5.76 Å². The quantitative estimate of drug-likeness (QED) is 0.152. The van der Waals surface area contributed by atoms with E-state index in [1.807, 2.05) is 20.8 Å². The highest BCUT2D eigenvalue weighted by molar-refractivity contribution is 6.51. The summed E-state index contributed by atoms with van der Waals surface area (Å²) in [7, 11) is 1.51. The Labute approximate surface area is 217 Å². The van der Waals surface area contributed by atoms with E-state index in [0.29, 0.717) is 5.75 Å². The first-order chi connectivity index (χ1) is 17.8. The van der Waals surface area contributed by atoms with E-state index in [4.69, 9.17) is 4.74 Å². The van der Waals surface area contributed by atoms with Gasteiger partial charge >= 0.3 is 5.69 Å². The van der Waals surface area contributed by atoms with Crippen molar-refractivity contribution < 1.29 is 33.9 Å². The summed E-state index contributed by atoms with van der Waals surface area (Å²) in [6, 6.07) is 11.8. The number of anilines is 1. The summed E-state index contributed by atoms with van der Waals surface area (Å²) < 4.78 is 19.6. The molecule has 3 aromatic carbocycles. The molecule has 38 heavy (non-hydrogen) atoms. The van der Waals surface area contributed by atoms with Gasteiger partial charge in [0.15, 0.2) is 5.75 Å². The maximum Gasteiger partial charge on any atom is 0.311 e. The minimum absolute atomic E-state index is 0.0111. The van der Waals surface area contributed by atoms with Crippen molar-refractivity contribution in [1.82, 2.24) is 0 Å². The molecule has 0 saturated carbocycles. The SMILES string of the molecule is COc1ccc(/C(O)=C2/C(=O)C(=O)N(c3cccc(F)c3)C2c2ccc(O)c([N+](=O)[O-])c2)cc1C(C)(C)C. The van der Waals surface area contributed by atoms with Crippen LogP contribution in [-0.4, -0.2) is 33.9 Å². The number of hydrogen-bond donors (Lipinski definition) is 2. The summed E-state index contributed by atoms with van der Waals surface area (Å²) in [6.45, 7) is 5.81. The van der Waals surface area contributed by atoms with E-state index in [2.05, 4.69) is 0 Å². The zero-order valence-corrected chi connectivity index (χ0v) is 21.1. The molecular formula is C28H25FN2O7. The number of nitrogens with zero attached hydrogens (tertiary/aromatic N) is 2. The number of carbonyl (C=O) groups is 2. The maximum absolute atomic E-state index is 14.1. The van der Waals surface area contributed by atoms with Crippen molar-refractivity contribution in [3.8, 4) is 11.5 Å². The lowest BCUT2D eigenvalue weighted by Gasteiger charge is -2.26. The number of phenols is 1. The smallest absolute Gasteiger partial charge is 0.311 e. The van der Waals surface area contributed by atoms with Crippen molar-refractivity contribution in [3.63, 3.8) is 0 Å². The van der Waals surface area contributed by atoms with Gasteiger partial charge in [0.1, 0.15) is 17.3 Å². The molecule has 1 fully saturated rings. The van der Waals surface area contributed by atoms with Crippen LogP contribution in [0.3, 0.4) is 0 Å². The second-order valence-corrected chi connectivity index (χ2v) is 9.82. The normalized spacial score (nSPS) is 17.1. The number of hydrogen-bond acceptors (Lipinski definition) is 7. The summed E-state index contributed by atoms with van der Waals surface area (Å²) >= 11 is 0. The predicted molar refractivity (Wildman–Crippen MR) is 138 cm³/mol. The Balaban J connectivity index is 2.01. The number of amides is 1. The molecule has 1 saturated heterocycles. The van der Waals surface area contributed by atoms with Gasteiger partial charge in [-0.3, -0.25) is 24.6 Å². The number of aliphatic hydroxyl groups excluding tert-OH is 1. The lowest BCUT2D eigenvalue weighted by molar-refractivity contribution is -0.385. The molecule has 0 spiro atoms. The number of carbonyl (C=O) groups excluding carboxylic acids is 2. The first kappa shape index (κ1) is 26.3. The van der Waals surface area contributed by atoms with Gasteiger partial charge in [0.25, 0.3) is 11.7 Å². The number of ketones is 1. The Kier molecular flexibility index (Phi) is 6.67. The summed E-state index contributed by atoms with van der Waals surface area (Å²) in [6.07, 6.45) is 0. The van der Waals surface area contributed by atoms with Crippen LogP contribution in [0.4, 0.5) is 15.8 Å². The molecule has 1 unspecified atom stereocenters. The molecule has 4 rings (SSSR count). The third kappa shape index (κ3) is 4.56. The molecule has 0 bridgehead atoms. The van der Waals surface area contributed by atoms with Crippen LogP contribution in [0.15, 0.2) is 66.2 Å². The average Bonchev–Trinajstić information content (AvgIpc) is 3.13. The number of ether oxygens (including phenoxy) is 1. The lowest BCUT2D eigenvalue weighted by Crippen LogP contribution is -2.29. The number of Topliss-reactive ketones (excluding diaryl/α,β-unsaturated/α-hetero) is 1. The number of aromatic hydroxyl groups is 1. The van der Waals surface area contributed by atoms with Crippen molar-refractivity contribution in [2.75, 3.05) is 12.0 Å². The number of rotatable bonds is 5. The van der Waals surface area contributed by atoms with E-state index < -0.39 is 51.1 Å². The molecule has 1 amide bonds. The standard InChI is InChI=1S/C28H25FN2O7/c1-28(2,3)19-12-16(9-11-22(19)38-4)25(33)23-24(15-8-10-21(32)20(13-15)31(36)37)30(27(35)26(23)34)18-7-5-6-17(29)14-18/h5-14,24,32-33H,1-4H3/b25-23-. The fourth-order valence-electron chi connectivity index (χ4n) is 4.49. The van der Waals surface area contributed by atoms with Gasteiger partial charge in [0.05, 0.1) is 23.6 Å². The number of halogens is 1. The fraction of sp³-hybridized carbons (Fsp3) is 0.214. The minimum Gasteiger partial charge on any atom is -0.507 e. The summed E-state index contributed by atoms with van der Waals surface area (Å²) in [5, 5.41) is 32.9. The van der Waals surface area contributed by atoms with Crippen molar-refractivity contribution in [1.29, 1.82) is 0 Å². The van der Waals surface area contributed by atoms with E-state index in [9.17, 15) is 34.3 Å². The number of aliphatic hydroxyl groups is 1. The van der Waals surface area contributed by atoms with Gasteiger partial charge < -0.3 is 14.9 Å². The molecule has 10 heteroatoms. The molecule has 3 aromatic rings. The van der Waals surface area contributed by atoms with E-state index in [1.54, 1.807) is 12.1 Å². The van der Waals surface area contributed by atoms with Crippen molar-refractivity contribution in [2.24, 2.45) is 0 Å². The van der Waals surface area contributed by atoms with Gasteiger partial charge in [-0.1, -0.05) is 32.9 Å². The second-order valence-electron chi connectivity index (χ2n) is 9.82. The van der Waals surface area contributed by atoms with Crippen LogP contribution in [-0.2, 0) is 15.0 Å². The van der Waals surface area contributed by atoms with E-state index in [0.717, 1.165) is 34.7 Å². The molecule has 1 atom stereocenters. The Morgan fingerprint density at radius 3 is 2.39 bits per heavy atom. The van der Waals surface area contributed by atoms with Crippen LogP contribution in [0, 0.1) is 15.9 Å². The van der Waals surface area contributed by atoms with Crippen molar-refractivity contribution in [2.45, 2.75) is 32.2 Å².